The average molecular weight is 335 g/mol. The summed E-state index contributed by atoms with van der Waals surface area (Å²) >= 11 is 0. The third-order valence-corrected chi connectivity index (χ3v) is 3.82. The number of methoxy groups -OCH3 is 1. The van der Waals surface area contributed by atoms with Crippen molar-refractivity contribution in [3.8, 4) is 5.75 Å². The Hall–Kier alpha value is -1.75. The smallest absolute Gasteiger partial charge is 0.191 e. The molecule has 0 atom stereocenters. The van der Waals surface area contributed by atoms with Crippen LogP contribution in [-0.2, 0) is 6.42 Å². The molecule has 0 aliphatic heterocycles. The highest BCUT2D eigenvalue weighted by Gasteiger charge is 2.19. The lowest BCUT2D eigenvalue weighted by molar-refractivity contribution is 0.241. The zero-order valence-corrected chi connectivity index (χ0v) is 16.4. The molecule has 2 N–H and O–H groups in total. The van der Waals surface area contributed by atoms with Crippen molar-refractivity contribution in [2.24, 2.45) is 10.4 Å². The predicted molar refractivity (Wildman–Crippen MR) is 103 cm³/mol. The van der Waals surface area contributed by atoms with Gasteiger partial charge in [-0.05, 0) is 44.5 Å². The second-order valence-electron chi connectivity index (χ2n) is 7.32. The van der Waals surface area contributed by atoms with Crippen molar-refractivity contribution in [3.05, 3.63) is 29.3 Å². The summed E-state index contributed by atoms with van der Waals surface area (Å²) in [5.74, 6) is 1.78. The molecule has 0 radical (unpaired) electrons. The molecule has 0 fully saturated rings. The van der Waals surface area contributed by atoms with Gasteiger partial charge in [-0.1, -0.05) is 31.5 Å². The Morgan fingerprint density at radius 2 is 1.96 bits per heavy atom. The summed E-state index contributed by atoms with van der Waals surface area (Å²) in [5.41, 5.74) is 2.65. The first-order valence-electron chi connectivity index (χ1n) is 8.50. The minimum Gasteiger partial charge on any atom is -0.496 e. The number of nitrogens with one attached hydrogen (secondary N) is 2. The van der Waals surface area contributed by atoms with Gasteiger partial charge in [-0.25, -0.2) is 0 Å². The van der Waals surface area contributed by atoms with Gasteiger partial charge in [0.05, 0.1) is 7.11 Å². The van der Waals surface area contributed by atoms with Crippen LogP contribution < -0.4 is 15.4 Å². The molecule has 5 nitrogen and oxygen atoms in total. The van der Waals surface area contributed by atoms with E-state index in [1.54, 1.807) is 7.11 Å². The molecule has 5 heteroatoms. The van der Waals surface area contributed by atoms with Crippen molar-refractivity contribution in [1.29, 1.82) is 0 Å². The Balaban J connectivity index is 2.49. The van der Waals surface area contributed by atoms with Gasteiger partial charge in [-0.15, -0.1) is 0 Å². The molecular formula is C19H34N4O. The van der Waals surface area contributed by atoms with Gasteiger partial charge >= 0.3 is 0 Å². The number of aryl methyl sites for hydroxylation is 1. The molecule has 0 heterocycles. The van der Waals surface area contributed by atoms with Gasteiger partial charge in [-0.3, -0.25) is 4.99 Å². The van der Waals surface area contributed by atoms with E-state index < -0.39 is 0 Å². The molecule has 1 rings (SSSR count). The van der Waals surface area contributed by atoms with Crippen LogP contribution in [0, 0.1) is 12.3 Å². The number of benzene rings is 1. The van der Waals surface area contributed by atoms with Gasteiger partial charge in [0.2, 0.25) is 0 Å². The molecule has 24 heavy (non-hydrogen) atoms. The molecule has 0 bridgehead atoms. The van der Waals surface area contributed by atoms with Crippen molar-refractivity contribution in [2.75, 3.05) is 47.9 Å². The van der Waals surface area contributed by atoms with Gasteiger partial charge in [0.15, 0.2) is 5.96 Å². The van der Waals surface area contributed by atoms with E-state index >= 15 is 0 Å². The third kappa shape index (κ3) is 7.21. The Morgan fingerprint density at radius 1 is 1.25 bits per heavy atom. The lowest BCUT2D eigenvalue weighted by atomic mass is 9.93. The third-order valence-electron chi connectivity index (χ3n) is 3.82. The first-order chi connectivity index (χ1) is 11.3. The highest BCUT2D eigenvalue weighted by atomic mass is 16.5. The first kappa shape index (κ1) is 20.3. The molecule has 1 aromatic rings. The van der Waals surface area contributed by atoms with Crippen LogP contribution in [0.15, 0.2) is 23.2 Å². The monoisotopic (exact) mass is 334 g/mol. The van der Waals surface area contributed by atoms with Crippen LogP contribution in [0.2, 0.25) is 0 Å². The summed E-state index contributed by atoms with van der Waals surface area (Å²) in [7, 11) is 7.73. The average Bonchev–Trinajstić information content (AvgIpc) is 2.49. The van der Waals surface area contributed by atoms with Gasteiger partial charge in [0, 0.05) is 26.7 Å². The summed E-state index contributed by atoms with van der Waals surface area (Å²) in [6.07, 6.45) is 0.895. The normalized spacial score (nSPS) is 12.4. The van der Waals surface area contributed by atoms with Crippen LogP contribution in [0.3, 0.4) is 0 Å². The Kier molecular flexibility index (Phi) is 8.05. The molecule has 1 aromatic carbocycles. The van der Waals surface area contributed by atoms with Gasteiger partial charge in [-0.2, -0.15) is 0 Å². The van der Waals surface area contributed by atoms with E-state index in [0.717, 1.165) is 37.8 Å². The minimum atomic E-state index is 0.181. The van der Waals surface area contributed by atoms with Gasteiger partial charge < -0.3 is 20.3 Å². The lowest BCUT2D eigenvalue weighted by Crippen LogP contribution is -2.45. The van der Waals surface area contributed by atoms with Crippen LogP contribution in [0.4, 0.5) is 0 Å². The maximum absolute atomic E-state index is 5.44. The van der Waals surface area contributed by atoms with Crippen LogP contribution in [0.25, 0.3) is 0 Å². The number of guanidine groups is 1. The highest BCUT2D eigenvalue weighted by molar-refractivity contribution is 5.79. The highest BCUT2D eigenvalue weighted by Crippen LogP contribution is 2.19. The number of hydrogen-bond acceptors (Lipinski definition) is 3. The van der Waals surface area contributed by atoms with E-state index in [9.17, 15) is 0 Å². The van der Waals surface area contributed by atoms with Gasteiger partial charge in [0.25, 0.3) is 0 Å². The number of rotatable bonds is 8. The zero-order valence-electron chi connectivity index (χ0n) is 16.4. The summed E-state index contributed by atoms with van der Waals surface area (Å²) in [6.45, 7) is 9.32. The van der Waals surface area contributed by atoms with Gasteiger partial charge in [0.1, 0.15) is 5.75 Å². The number of hydrogen-bond donors (Lipinski definition) is 2. The number of ether oxygens (including phenoxy) is 1. The molecule has 0 saturated carbocycles. The second-order valence-corrected chi connectivity index (χ2v) is 7.32. The minimum absolute atomic E-state index is 0.181. The van der Waals surface area contributed by atoms with Crippen molar-refractivity contribution >= 4 is 5.96 Å². The van der Waals surface area contributed by atoms with Crippen molar-refractivity contribution in [3.63, 3.8) is 0 Å². The van der Waals surface area contributed by atoms with E-state index in [4.69, 9.17) is 4.74 Å². The lowest BCUT2D eigenvalue weighted by Gasteiger charge is -2.29. The van der Waals surface area contributed by atoms with E-state index in [1.807, 2.05) is 13.1 Å². The maximum Gasteiger partial charge on any atom is 0.191 e. The Labute approximate surface area is 147 Å². The SMILES string of the molecule is CN=C(NCCc1cc(C)ccc1OC)NCC(C)(C)CN(C)C. The fourth-order valence-corrected chi connectivity index (χ4v) is 2.87. The summed E-state index contributed by atoms with van der Waals surface area (Å²) < 4.78 is 5.44. The zero-order chi connectivity index (χ0) is 18.2. The molecule has 0 saturated heterocycles. The molecular weight excluding hydrogens is 300 g/mol. The molecule has 0 aromatic heterocycles. The topological polar surface area (TPSA) is 48.9 Å². The molecule has 0 unspecified atom stereocenters. The maximum atomic E-state index is 5.44. The van der Waals surface area contributed by atoms with Crippen LogP contribution in [0.1, 0.15) is 25.0 Å². The number of nitrogens with zero attached hydrogens (tertiary/aromatic N) is 2. The van der Waals surface area contributed by atoms with Crippen molar-refractivity contribution in [1.82, 2.24) is 15.5 Å². The fraction of sp³-hybridized carbons (Fsp3) is 0.632. The van der Waals surface area contributed by atoms with Crippen molar-refractivity contribution < 1.29 is 4.74 Å². The fourth-order valence-electron chi connectivity index (χ4n) is 2.87. The van der Waals surface area contributed by atoms with Crippen LogP contribution in [0.5, 0.6) is 5.75 Å². The molecule has 136 valence electrons. The van der Waals surface area contributed by atoms with Crippen LogP contribution in [-0.4, -0.2) is 58.7 Å². The second kappa shape index (κ2) is 9.52. The molecule has 0 amide bonds. The quantitative estimate of drug-likeness (QED) is 0.566. The number of aliphatic imine (C=N–C) groups is 1. The molecule has 0 spiro atoms. The summed E-state index contributed by atoms with van der Waals surface area (Å²) in [4.78, 5) is 6.52. The van der Waals surface area contributed by atoms with E-state index in [0.29, 0.717) is 0 Å². The van der Waals surface area contributed by atoms with Crippen LogP contribution >= 0.6 is 0 Å². The van der Waals surface area contributed by atoms with E-state index in [-0.39, 0.29) is 5.41 Å². The summed E-state index contributed by atoms with van der Waals surface area (Å²) in [5, 5.41) is 6.81. The van der Waals surface area contributed by atoms with E-state index in [1.165, 1.54) is 11.1 Å². The summed E-state index contributed by atoms with van der Waals surface area (Å²) in [6, 6.07) is 6.28. The standard InChI is InChI=1S/C19H34N4O/c1-15-8-9-17(24-7)16(12-15)10-11-21-18(20-4)22-13-19(2,3)14-23(5)6/h8-9,12H,10-11,13-14H2,1-7H3,(H2,20,21,22). The molecule has 0 aliphatic carbocycles. The Morgan fingerprint density at radius 3 is 2.54 bits per heavy atom. The molecule has 0 aliphatic rings. The predicted octanol–water partition coefficient (Wildman–Crippen LogP) is 2.30. The largest absolute Gasteiger partial charge is 0.496 e. The van der Waals surface area contributed by atoms with E-state index in [2.05, 4.69) is 67.5 Å². The van der Waals surface area contributed by atoms with Crippen molar-refractivity contribution in [2.45, 2.75) is 27.2 Å². The first-order valence-corrected chi connectivity index (χ1v) is 8.50. The Bertz CT molecular complexity index is 538.